The molecule has 27 heavy (non-hydrogen) atoms. The van der Waals surface area contributed by atoms with Crippen molar-refractivity contribution in [1.82, 2.24) is 20.4 Å². The predicted octanol–water partition coefficient (Wildman–Crippen LogP) is 3.35. The summed E-state index contributed by atoms with van der Waals surface area (Å²) >= 11 is 0. The van der Waals surface area contributed by atoms with Gasteiger partial charge in [-0.15, -0.1) is 24.0 Å². The molecule has 1 heterocycles. The number of nitrogens with zero attached hydrogens (tertiary/aromatic N) is 3. The second-order valence-corrected chi connectivity index (χ2v) is 6.30. The van der Waals surface area contributed by atoms with Gasteiger partial charge in [0.25, 0.3) is 0 Å². The van der Waals surface area contributed by atoms with Crippen molar-refractivity contribution in [3.8, 4) is 5.75 Å². The molecule has 0 aliphatic carbocycles. The minimum absolute atomic E-state index is 0. The van der Waals surface area contributed by atoms with Gasteiger partial charge < -0.3 is 15.4 Å². The maximum atomic E-state index is 5.47. The maximum Gasteiger partial charge on any atom is 0.191 e. The monoisotopic (exact) mass is 485 g/mol. The average molecular weight is 485 g/mol. The van der Waals surface area contributed by atoms with Crippen LogP contribution in [0.3, 0.4) is 0 Å². The van der Waals surface area contributed by atoms with Gasteiger partial charge >= 0.3 is 0 Å². The normalized spacial score (nSPS) is 11.1. The summed E-state index contributed by atoms with van der Waals surface area (Å²) in [7, 11) is 5.50. The fraction of sp³-hybridized carbons (Fsp3) is 0.500. The summed E-state index contributed by atoms with van der Waals surface area (Å²) in [6.45, 7) is 7.73. The predicted molar refractivity (Wildman–Crippen MR) is 122 cm³/mol. The van der Waals surface area contributed by atoms with E-state index < -0.39 is 0 Å². The van der Waals surface area contributed by atoms with E-state index in [2.05, 4.69) is 53.6 Å². The standard InChI is InChI=1S/C20H31N5O.HI/c1-7-17-16(18(8-2)25(5)24-17)13-23-20(21-4)22-12-15-10-9-14(3)11-19(15)26-6;/h9-11H,7-8,12-13H2,1-6H3,(H2,21,22,23);1H. The molecule has 0 fully saturated rings. The van der Waals surface area contributed by atoms with Crippen molar-refractivity contribution in [1.29, 1.82) is 0 Å². The molecule has 6 nitrogen and oxygen atoms in total. The number of hydrogen-bond acceptors (Lipinski definition) is 3. The molecule has 2 rings (SSSR count). The highest BCUT2D eigenvalue weighted by atomic mass is 127. The van der Waals surface area contributed by atoms with Crippen LogP contribution in [0.1, 0.15) is 41.9 Å². The van der Waals surface area contributed by atoms with Crippen LogP contribution < -0.4 is 15.4 Å². The van der Waals surface area contributed by atoms with Gasteiger partial charge in [-0.05, 0) is 31.4 Å². The highest BCUT2D eigenvalue weighted by Gasteiger charge is 2.14. The van der Waals surface area contributed by atoms with E-state index in [1.165, 1.54) is 16.8 Å². The van der Waals surface area contributed by atoms with E-state index >= 15 is 0 Å². The van der Waals surface area contributed by atoms with Crippen LogP contribution in [0.5, 0.6) is 5.75 Å². The number of aryl methyl sites for hydroxylation is 3. The molecular formula is C20H32IN5O. The van der Waals surface area contributed by atoms with Crippen molar-refractivity contribution in [3.05, 3.63) is 46.3 Å². The van der Waals surface area contributed by atoms with Crippen molar-refractivity contribution in [2.24, 2.45) is 12.0 Å². The number of nitrogens with one attached hydrogen (secondary N) is 2. The highest BCUT2D eigenvalue weighted by Crippen LogP contribution is 2.19. The fourth-order valence-electron chi connectivity index (χ4n) is 3.16. The first kappa shape index (κ1) is 23.3. The van der Waals surface area contributed by atoms with Crippen LogP contribution >= 0.6 is 24.0 Å². The number of methoxy groups -OCH3 is 1. The van der Waals surface area contributed by atoms with E-state index in [0.29, 0.717) is 13.1 Å². The molecule has 1 aromatic heterocycles. The van der Waals surface area contributed by atoms with Crippen LogP contribution in [0.25, 0.3) is 0 Å². The number of benzene rings is 1. The molecule has 2 aromatic rings. The van der Waals surface area contributed by atoms with Crippen LogP contribution in [-0.2, 0) is 33.0 Å². The van der Waals surface area contributed by atoms with Crippen molar-refractivity contribution in [2.45, 2.75) is 46.7 Å². The average Bonchev–Trinajstić information content (AvgIpc) is 2.97. The molecule has 2 N–H and O–H groups in total. The first-order valence-electron chi connectivity index (χ1n) is 9.15. The Kier molecular flexibility index (Phi) is 9.62. The van der Waals surface area contributed by atoms with Crippen molar-refractivity contribution < 1.29 is 4.74 Å². The molecule has 0 aliphatic rings. The highest BCUT2D eigenvalue weighted by molar-refractivity contribution is 14.0. The van der Waals surface area contributed by atoms with Crippen LogP contribution in [-0.4, -0.2) is 29.9 Å². The van der Waals surface area contributed by atoms with Crippen LogP contribution in [0, 0.1) is 6.92 Å². The van der Waals surface area contributed by atoms with E-state index in [1.54, 1.807) is 14.2 Å². The van der Waals surface area contributed by atoms with Crippen molar-refractivity contribution in [2.75, 3.05) is 14.2 Å². The molecule has 0 unspecified atom stereocenters. The summed E-state index contributed by atoms with van der Waals surface area (Å²) in [5.41, 5.74) is 5.97. The molecule has 7 heteroatoms. The Balaban J connectivity index is 0.00000364. The van der Waals surface area contributed by atoms with Gasteiger partial charge in [0.2, 0.25) is 0 Å². The lowest BCUT2D eigenvalue weighted by Crippen LogP contribution is -2.36. The minimum Gasteiger partial charge on any atom is -0.496 e. The van der Waals surface area contributed by atoms with Gasteiger partial charge in [-0.3, -0.25) is 9.67 Å². The van der Waals surface area contributed by atoms with E-state index in [1.807, 2.05) is 17.8 Å². The Labute approximate surface area is 179 Å². The molecule has 0 spiro atoms. The third-order valence-electron chi connectivity index (χ3n) is 4.57. The van der Waals surface area contributed by atoms with Gasteiger partial charge in [-0.25, -0.2) is 0 Å². The van der Waals surface area contributed by atoms with E-state index in [0.717, 1.165) is 35.8 Å². The van der Waals surface area contributed by atoms with Gasteiger partial charge in [0.15, 0.2) is 5.96 Å². The quantitative estimate of drug-likeness (QED) is 0.359. The number of hydrogen-bond donors (Lipinski definition) is 2. The second kappa shape index (κ2) is 11.2. The van der Waals surface area contributed by atoms with Crippen LogP contribution in [0.4, 0.5) is 0 Å². The Bertz CT molecular complexity index is 770. The van der Waals surface area contributed by atoms with Crippen molar-refractivity contribution in [3.63, 3.8) is 0 Å². The van der Waals surface area contributed by atoms with E-state index in [4.69, 9.17) is 4.74 Å². The zero-order valence-corrected chi connectivity index (χ0v) is 19.5. The first-order chi connectivity index (χ1) is 12.5. The summed E-state index contributed by atoms with van der Waals surface area (Å²) in [6.07, 6.45) is 1.89. The van der Waals surface area contributed by atoms with E-state index in [-0.39, 0.29) is 24.0 Å². The van der Waals surface area contributed by atoms with E-state index in [9.17, 15) is 0 Å². The first-order valence-corrected chi connectivity index (χ1v) is 9.15. The minimum atomic E-state index is 0. The molecule has 150 valence electrons. The summed E-state index contributed by atoms with van der Waals surface area (Å²) in [5, 5.41) is 11.4. The van der Waals surface area contributed by atoms with Gasteiger partial charge in [0.05, 0.1) is 12.8 Å². The summed E-state index contributed by atoms with van der Waals surface area (Å²) < 4.78 is 7.46. The van der Waals surface area contributed by atoms with Crippen molar-refractivity contribution >= 4 is 29.9 Å². The summed E-state index contributed by atoms with van der Waals surface area (Å²) in [6, 6.07) is 6.22. The Morgan fingerprint density at radius 3 is 2.48 bits per heavy atom. The molecule has 0 saturated heterocycles. The third-order valence-corrected chi connectivity index (χ3v) is 4.57. The lowest BCUT2D eigenvalue weighted by Gasteiger charge is -2.15. The number of guanidine groups is 1. The Hall–Kier alpha value is -1.77. The van der Waals surface area contributed by atoms with Gasteiger partial charge in [-0.2, -0.15) is 5.10 Å². The van der Waals surface area contributed by atoms with Gasteiger partial charge in [0.1, 0.15) is 5.75 Å². The number of halogens is 1. The molecule has 0 radical (unpaired) electrons. The molecule has 0 saturated carbocycles. The number of rotatable bonds is 7. The third kappa shape index (κ3) is 5.85. The SMILES string of the molecule is CCc1nn(C)c(CC)c1CNC(=NC)NCc1ccc(C)cc1OC.I. The molecule has 0 atom stereocenters. The molecule has 0 amide bonds. The molecule has 0 aliphatic heterocycles. The summed E-state index contributed by atoms with van der Waals surface area (Å²) in [4.78, 5) is 4.34. The number of ether oxygens (including phenoxy) is 1. The van der Waals surface area contributed by atoms with Gasteiger partial charge in [-0.1, -0.05) is 26.0 Å². The maximum absolute atomic E-state index is 5.47. The van der Waals surface area contributed by atoms with Gasteiger partial charge in [0, 0.05) is 44.0 Å². The number of aromatic nitrogens is 2. The second-order valence-electron chi connectivity index (χ2n) is 6.30. The lowest BCUT2D eigenvalue weighted by atomic mass is 10.1. The molecular weight excluding hydrogens is 453 g/mol. The zero-order valence-electron chi connectivity index (χ0n) is 17.2. The lowest BCUT2D eigenvalue weighted by molar-refractivity contribution is 0.408. The smallest absolute Gasteiger partial charge is 0.191 e. The van der Waals surface area contributed by atoms with Crippen LogP contribution in [0.15, 0.2) is 23.2 Å². The topological polar surface area (TPSA) is 63.5 Å². The molecule has 0 bridgehead atoms. The fourth-order valence-corrected chi connectivity index (χ4v) is 3.16. The number of aliphatic imine (C=N–C) groups is 1. The summed E-state index contributed by atoms with van der Waals surface area (Å²) in [5.74, 6) is 1.65. The zero-order chi connectivity index (χ0) is 19.1. The Morgan fingerprint density at radius 1 is 1.19 bits per heavy atom. The Morgan fingerprint density at radius 2 is 1.89 bits per heavy atom. The van der Waals surface area contributed by atoms with Crippen LogP contribution in [0.2, 0.25) is 0 Å². The largest absolute Gasteiger partial charge is 0.496 e. The molecule has 1 aromatic carbocycles.